The van der Waals surface area contributed by atoms with Crippen molar-refractivity contribution in [2.45, 2.75) is 59.2 Å². The highest BCUT2D eigenvalue weighted by atomic mass is 19.1. The maximum absolute atomic E-state index is 13.6. The fourth-order valence-corrected chi connectivity index (χ4v) is 4.59. The molecule has 10 heteroatoms. The number of aryl methyl sites for hydroxylation is 2. The van der Waals surface area contributed by atoms with Crippen LogP contribution < -0.4 is 10.6 Å². The summed E-state index contributed by atoms with van der Waals surface area (Å²) in [5.41, 5.74) is 1.55. The second-order valence-corrected chi connectivity index (χ2v) is 9.44. The van der Waals surface area contributed by atoms with Crippen LogP contribution in [0.25, 0.3) is 0 Å². The predicted molar refractivity (Wildman–Crippen MR) is 127 cm³/mol. The third-order valence-electron chi connectivity index (χ3n) is 6.88. The van der Waals surface area contributed by atoms with Crippen molar-refractivity contribution in [2.24, 2.45) is 13.0 Å². The molecule has 3 N–H and O–H groups in total. The third-order valence-corrected chi connectivity index (χ3v) is 6.88. The molecule has 2 unspecified atom stereocenters. The monoisotopic (exact) mass is 483 g/mol. The third kappa shape index (κ3) is 4.51. The number of ketones is 1. The molecule has 0 radical (unpaired) electrons. The second-order valence-electron chi connectivity index (χ2n) is 9.44. The zero-order valence-electron chi connectivity index (χ0n) is 20.7. The van der Waals surface area contributed by atoms with Gasteiger partial charge in [-0.15, -0.1) is 0 Å². The van der Waals surface area contributed by atoms with Gasteiger partial charge in [0.05, 0.1) is 16.8 Å². The highest BCUT2D eigenvalue weighted by Crippen LogP contribution is 2.45. The van der Waals surface area contributed by atoms with E-state index in [9.17, 15) is 19.1 Å². The molecule has 2 aromatic heterocycles. The van der Waals surface area contributed by atoms with Crippen LogP contribution in [-0.2, 0) is 12.6 Å². The molecule has 2 heterocycles. The molecule has 0 aliphatic heterocycles. The molecule has 4 rings (SSSR count). The number of aromatic nitrogens is 3. The first-order chi connectivity index (χ1) is 16.4. The number of aliphatic hydroxyl groups excluding tert-OH is 1. The van der Waals surface area contributed by atoms with E-state index in [4.69, 9.17) is 4.52 Å². The van der Waals surface area contributed by atoms with Crippen molar-refractivity contribution < 1.29 is 23.6 Å². The van der Waals surface area contributed by atoms with E-state index >= 15 is 0 Å². The molecule has 0 bridgehead atoms. The van der Waals surface area contributed by atoms with Gasteiger partial charge in [0.2, 0.25) is 11.7 Å². The fraction of sp³-hybridized carbons (Fsp3) is 0.440. The Balaban J connectivity index is 1.60. The lowest BCUT2D eigenvalue weighted by Gasteiger charge is -2.30. The number of hydrogen-bond acceptors (Lipinski definition) is 7. The number of nitrogens with one attached hydrogen (secondary N) is 2. The lowest BCUT2D eigenvalue weighted by Crippen LogP contribution is -2.51. The zero-order valence-corrected chi connectivity index (χ0v) is 20.7. The van der Waals surface area contributed by atoms with E-state index in [0.29, 0.717) is 39.8 Å². The van der Waals surface area contributed by atoms with E-state index < -0.39 is 23.5 Å². The summed E-state index contributed by atoms with van der Waals surface area (Å²) in [6.07, 6.45) is 0.266. The largest absolute Gasteiger partial charge is 0.371 e. The number of carbonyl (C=O) groups is 2. The predicted octanol–water partition coefficient (Wildman–Crippen LogP) is 3.45. The van der Waals surface area contributed by atoms with Crippen LogP contribution in [0, 0.1) is 39.4 Å². The molecule has 3 aromatic rings. The average Bonchev–Trinajstić information content (AvgIpc) is 3.52. The van der Waals surface area contributed by atoms with Crippen molar-refractivity contribution in [3.8, 4) is 0 Å². The van der Waals surface area contributed by atoms with Crippen molar-refractivity contribution >= 4 is 17.4 Å². The Morgan fingerprint density at radius 2 is 1.94 bits per heavy atom. The van der Waals surface area contributed by atoms with Gasteiger partial charge in [0.15, 0.2) is 12.1 Å². The zero-order chi connectivity index (χ0) is 25.7. The smallest absolute Gasteiger partial charge is 0.257 e. The minimum atomic E-state index is -1.55. The lowest BCUT2D eigenvalue weighted by atomic mass is 9.94. The molecule has 0 spiro atoms. The van der Waals surface area contributed by atoms with Crippen molar-refractivity contribution in [3.05, 3.63) is 63.8 Å². The first-order valence-corrected chi connectivity index (χ1v) is 11.5. The summed E-state index contributed by atoms with van der Waals surface area (Å²) < 4.78 is 20.3. The van der Waals surface area contributed by atoms with Gasteiger partial charge in [-0.3, -0.25) is 14.9 Å². The number of halogens is 1. The molecule has 35 heavy (non-hydrogen) atoms. The van der Waals surface area contributed by atoms with Crippen molar-refractivity contribution in [3.63, 3.8) is 0 Å². The number of hydrogen-bond donors (Lipinski definition) is 3. The Kier molecular flexibility index (Phi) is 6.37. The number of amides is 1. The number of aliphatic hydroxyl groups is 1. The Bertz CT molecular complexity index is 1310. The van der Waals surface area contributed by atoms with E-state index in [1.54, 1.807) is 45.4 Å². The van der Waals surface area contributed by atoms with E-state index in [2.05, 4.69) is 20.8 Å². The standard InChI is InChI=1S/C25H30FN5O4/c1-12-11-17(9-10-18(12)26)28-22(33)19-13(2)20(31(6)14(19)3)21(32)23(34)29-25(5,16-7-8-16)24-27-15(4)35-30-24/h9-11,16,23,29,34H,7-8H2,1-6H3,(H,28,33). The maximum Gasteiger partial charge on any atom is 0.257 e. The van der Waals surface area contributed by atoms with Crippen LogP contribution in [0.1, 0.15) is 69.1 Å². The maximum atomic E-state index is 13.6. The summed E-state index contributed by atoms with van der Waals surface area (Å²) in [5.74, 6) is -0.420. The summed E-state index contributed by atoms with van der Waals surface area (Å²) in [6.45, 7) is 8.53. The number of Topliss-reactive ketones (excluding diaryl/α,β-unsaturated/α-hetero) is 1. The highest BCUT2D eigenvalue weighted by molar-refractivity contribution is 6.09. The molecule has 1 aromatic carbocycles. The molecule has 1 aliphatic carbocycles. The number of rotatable bonds is 8. The lowest BCUT2D eigenvalue weighted by molar-refractivity contribution is 0.0517. The summed E-state index contributed by atoms with van der Waals surface area (Å²) in [7, 11) is 1.67. The minimum Gasteiger partial charge on any atom is -0.371 e. The van der Waals surface area contributed by atoms with Gasteiger partial charge >= 0.3 is 0 Å². The second kappa shape index (κ2) is 9.01. The van der Waals surface area contributed by atoms with Crippen LogP contribution in [0.15, 0.2) is 22.7 Å². The van der Waals surface area contributed by atoms with Crippen LogP contribution >= 0.6 is 0 Å². The van der Waals surface area contributed by atoms with Crippen LogP contribution in [0.4, 0.5) is 10.1 Å². The van der Waals surface area contributed by atoms with E-state index in [1.807, 2.05) is 6.92 Å². The Labute approximate surface area is 202 Å². The van der Waals surface area contributed by atoms with Gasteiger partial charge in [0, 0.05) is 25.4 Å². The van der Waals surface area contributed by atoms with Crippen LogP contribution in [0.2, 0.25) is 0 Å². The molecule has 1 fully saturated rings. The van der Waals surface area contributed by atoms with Crippen LogP contribution in [-0.4, -0.2) is 37.7 Å². The van der Waals surface area contributed by atoms with Gasteiger partial charge in [-0.05, 0) is 75.8 Å². The van der Waals surface area contributed by atoms with Gasteiger partial charge < -0.3 is 19.5 Å². The molecular formula is C25H30FN5O4. The highest BCUT2D eigenvalue weighted by Gasteiger charge is 2.48. The quantitative estimate of drug-likeness (QED) is 0.331. The molecule has 9 nitrogen and oxygen atoms in total. The summed E-state index contributed by atoms with van der Waals surface area (Å²) in [4.78, 5) is 30.8. The normalized spacial score (nSPS) is 16.1. The molecule has 1 aliphatic rings. The summed E-state index contributed by atoms with van der Waals surface area (Å²) in [5, 5.41) is 20.7. The van der Waals surface area contributed by atoms with Crippen molar-refractivity contribution in [1.82, 2.24) is 20.0 Å². The van der Waals surface area contributed by atoms with Gasteiger partial charge in [-0.2, -0.15) is 4.98 Å². The summed E-state index contributed by atoms with van der Waals surface area (Å²) in [6, 6.07) is 4.31. The Morgan fingerprint density at radius 1 is 1.26 bits per heavy atom. The molecule has 2 atom stereocenters. The van der Waals surface area contributed by atoms with Crippen molar-refractivity contribution in [2.75, 3.05) is 5.32 Å². The number of carbonyl (C=O) groups excluding carboxylic acids is 2. The number of nitrogens with zero attached hydrogens (tertiary/aromatic N) is 3. The van der Waals surface area contributed by atoms with Gasteiger partial charge in [0.25, 0.3) is 5.91 Å². The minimum absolute atomic E-state index is 0.152. The molecule has 0 saturated heterocycles. The topological polar surface area (TPSA) is 122 Å². The average molecular weight is 484 g/mol. The van der Waals surface area contributed by atoms with Crippen molar-refractivity contribution in [1.29, 1.82) is 0 Å². The fourth-order valence-electron chi connectivity index (χ4n) is 4.59. The molecule has 1 amide bonds. The Hall–Kier alpha value is -3.37. The van der Waals surface area contributed by atoms with E-state index in [-0.39, 0.29) is 17.4 Å². The van der Waals surface area contributed by atoms with Gasteiger partial charge in [0.1, 0.15) is 5.82 Å². The van der Waals surface area contributed by atoms with Crippen LogP contribution in [0.5, 0.6) is 0 Å². The Morgan fingerprint density at radius 3 is 2.51 bits per heavy atom. The van der Waals surface area contributed by atoms with Gasteiger partial charge in [-0.25, -0.2) is 4.39 Å². The summed E-state index contributed by atoms with van der Waals surface area (Å²) >= 11 is 0. The number of benzene rings is 1. The first kappa shape index (κ1) is 24.7. The van der Waals surface area contributed by atoms with E-state index in [0.717, 1.165) is 12.8 Å². The SMILES string of the molecule is Cc1nc(C(C)(NC(O)C(=O)c2c(C)c(C(=O)Nc3ccc(F)c(C)c3)c(C)n2C)C2CC2)no1. The number of anilines is 1. The molecule has 186 valence electrons. The molecule has 1 saturated carbocycles. The molecular weight excluding hydrogens is 453 g/mol. The van der Waals surface area contributed by atoms with Gasteiger partial charge in [-0.1, -0.05) is 5.16 Å². The van der Waals surface area contributed by atoms with E-state index in [1.165, 1.54) is 12.1 Å². The van der Waals surface area contributed by atoms with Crippen LogP contribution in [0.3, 0.4) is 0 Å². The first-order valence-electron chi connectivity index (χ1n) is 11.5.